The smallest absolute Gasteiger partial charge is 0.292 e. The van der Waals surface area contributed by atoms with Crippen molar-refractivity contribution in [3.63, 3.8) is 0 Å². The zero-order chi connectivity index (χ0) is 13.0. The second kappa shape index (κ2) is 5.25. The predicted molar refractivity (Wildman–Crippen MR) is 61.1 cm³/mol. The molecular formula is C11H12FN3O2. The molecule has 0 fully saturated rings. The molecule has 5 nitrogen and oxygen atoms in total. The van der Waals surface area contributed by atoms with Crippen LogP contribution in [0.25, 0.3) is 0 Å². The summed E-state index contributed by atoms with van der Waals surface area (Å²) in [5.41, 5.74) is 0.0103. The molecule has 1 unspecified atom stereocenters. The normalized spacial score (nSPS) is 11.6. The van der Waals surface area contributed by atoms with Crippen molar-refractivity contribution >= 4 is 11.4 Å². The van der Waals surface area contributed by atoms with E-state index in [9.17, 15) is 14.5 Å². The van der Waals surface area contributed by atoms with Crippen molar-refractivity contribution in [1.29, 1.82) is 5.26 Å². The first kappa shape index (κ1) is 12.9. The SMILES string of the molecule is CC(C#N)CN(C)c1cc(F)ccc1[N+](=O)[O-]. The fraction of sp³-hybridized carbons (Fsp3) is 0.364. The Hall–Kier alpha value is -2.16. The number of benzene rings is 1. The fourth-order valence-electron chi connectivity index (χ4n) is 1.51. The summed E-state index contributed by atoms with van der Waals surface area (Å²) < 4.78 is 13.1. The van der Waals surface area contributed by atoms with Crippen molar-refractivity contribution in [2.24, 2.45) is 5.92 Å². The largest absolute Gasteiger partial charge is 0.368 e. The molecule has 0 heterocycles. The topological polar surface area (TPSA) is 70.2 Å². The van der Waals surface area contributed by atoms with Crippen LogP contribution in [-0.2, 0) is 0 Å². The molecule has 0 aromatic heterocycles. The van der Waals surface area contributed by atoms with Gasteiger partial charge in [0.25, 0.3) is 5.69 Å². The first-order valence-electron chi connectivity index (χ1n) is 5.00. The maximum absolute atomic E-state index is 13.1. The van der Waals surface area contributed by atoms with Crippen molar-refractivity contribution in [3.05, 3.63) is 34.1 Å². The maximum atomic E-state index is 13.1. The zero-order valence-corrected chi connectivity index (χ0v) is 9.55. The Balaban J connectivity index is 3.07. The number of hydrogen-bond acceptors (Lipinski definition) is 4. The lowest BCUT2D eigenvalue weighted by Gasteiger charge is -2.20. The second-order valence-corrected chi connectivity index (χ2v) is 3.80. The number of halogens is 1. The Bertz CT molecular complexity index is 470. The van der Waals surface area contributed by atoms with Gasteiger partial charge in [-0.3, -0.25) is 10.1 Å². The molecule has 0 amide bonds. The van der Waals surface area contributed by atoms with E-state index >= 15 is 0 Å². The lowest BCUT2D eigenvalue weighted by atomic mass is 10.1. The third-order valence-corrected chi connectivity index (χ3v) is 2.31. The quantitative estimate of drug-likeness (QED) is 0.595. The predicted octanol–water partition coefficient (Wildman–Crippen LogP) is 2.33. The number of nitriles is 1. The standard InChI is InChI=1S/C11H12FN3O2/c1-8(6-13)7-14(2)11-5-9(12)3-4-10(11)15(16)17/h3-5,8H,7H2,1-2H3. The number of nitro benzene ring substituents is 1. The van der Waals surface area contributed by atoms with Crippen molar-refractivity contribution in [2.75, 3.05) is 18.5 Å². The van der Waals surface area contributed by atoms with Crippen LogP contribution in [0, 0.1) is 33.2 Å². The van der Waals surface area contributed by atoms with Gasteiger partial charge in [-0.05, 0) is 13.0 Å². The van der Waals surface area contributed by atoms with Gasteiger partial charge in [0.2, 0.25) is 0 Å². The molecule has 0 aliphatic rings. The van der Waals surface area contributed by atoms with E-state index in [1.807, 2.05) is 6.07 Å². The summed E-state index contributed by atoms with van der Waals surface area (Å²) in [5, 5.41) is 19.5. The van der Waals surface area contributed by atoms with E-state index in [2.05, 4.69) is 0 Å². The molecule has 1 aromatic rings. The zero-order valence-electron chi connectivity index (χ0n) is 9.55. The second-order valence-electron chi connectivity index (χ2n) is 3.80. The minimum absolute atomic E-state index is 0.168. The first-order valence-corrected chi connectivity index (χ1v) is 5.00. The van der Waals surface area contributed by atoms with Gasteiger partial charge in [-0.15, -0.1) is 0 Å². The van der Waals surface area contributed by atoms with Crippen LogP contribution in [-0.4, -0.2) is 18.5 Å². The van der Waals surface area contributed by atoms with Gasteiger partial charge >= 0.3 is 0 Å². The first-order chi connectivity index (χ1) is 7.95. The minimum atomic E-state index is -0.567. The molecule has 0 bridgehead atoms. The number of nitro groups is 1. The van der Waals surface area contributed by atoms with Gasteiger partial charge in [0.15, 0.2) is 0 Å². The Kier molecular flexibility index (Phi) is 3.99. The van der Waals surface area contributed by atoms with Gasteiger partial charge in [0.05, 0.1) is 16.9 Å². The molecular weight excluding hydrogens is 225 g/mol. The maximum Gasteiger partial charge on any atom is 0.292 e. The number of rotatable bonds is 4. The van der Waals surface area contributed by atoms with Crippen LogP contribution in [0.5, 0.6) is 0 Å². The summed E-state index contributed by atoms with van der Waals surface area (Å²) in [6, 6.07) is 5.29. The average molecular weight is 237 g/mol. The number of nitrogens with zero attached hydrogens (tertiary/aromatic N) is 3. The van der Waals surface area contributed by atoms with Crippen LogP contribution in [0.3, 0.4) is 0 Å². The summed E-state index contributed by atoms with van der Waals surface area (Å²) in [4.78, 5) is 11.7. The number of hydrogen-bond donors (Lipinski definition) is 0. The average Bonchev–Trinajstić information content (AvgIpc) is 2.28. The van der Waals surface area contributed by atoms with E-state index in [0.29, 0.717) is 6.54 Å². The minimum Gasteiger partial charge on any atom is -0.368 e. The van der Waals surface area contributed by atoms with Crippen molar-refractivity contribution < 1.29 is 9.31 Å². The molecule has 0 aliphatic heterocycles. The molecule has 1 atom stereocenters. The van der Waals surface area contributed by atoms with E-state index in [1.165, 1.54) is 4.90 Å². The van der Waals surface area contributed by atoms with Gasteiger partial charge in [-0.2, -0.15) is 5.26 Å². The van der Waals surface area contributed by atoms with Crippen LogP contribution in [0.2, 0.25) is 0 Å². The van der Waals surface area contributed by atoms with Crippen LogP contribution < -0.4 is 4.90 Å². The molecule has 0 saturated heterocycles. The molecule has 0 radical (unpaired) electrons. The lowest BCUT2D eigenvalue weighted by molar-refractivity contribution is -0.384. The monoisotopic (exact) mass is 237 g/mol. The summed E-state index contributed by atoms with van der Waals surface area (Å²) in [6.45, 7) is 2.00. The lowest BCUT2D eigenvalue weighted by Crippen LogP contribution is -2.24. The van der Waals surface area contributed by atoms with E-state index < -0.39 is 10.7 Å². The van der Waals surface area contributed by atoms with E-state index in [4.69, 9.17) is 5.26 Å². The van der Waals surface area contributed by atoms with E-state index in [-0.39, 0.29) is 17.3 Å². The summed E-state index contributed by atoms with van der Waals surface area (Å²) in [5.74, 6) is -0.829. The Morgan fingerprint density at radius 1 is 1.65 bits per heavy atom. The highest BCUT2D eigenvalue weighted by Gasteiger charge is 2.19. The fourth-order valence-corrected chi connectivity index (χ4v) is 1.51. The molecule has 1 aromatic carbocycles. The molecule has 90 valence electrons. The van der Waals surface area contributed by atoms with Gasteiger partial charge in [0.1, 0.15) is 11.5 Å². The van der Waals surface area contributed by atoms with Gasteiger partial charge in [-0.1, -0.05) is 0 Å². The highest BCUT2D eigenvalue weighted by Crippen LogP contribution is 2.28. The van der Waals surface area contributed by atoms with Gasteiger partial charge in [0, 0.05) is 25.7 Å². The summed E-state index contributed by atoms with van der Waals surface area (Å²) in [7, 11) is 1.59. The van der Waals surface area contributed by atoms with Crippen LogP contribution in [0.15, 0.2) is 18.2 Å². The van der Waals surface area contributed by atoms with Gasteiger partial charge in [-0.25, -0.2) is 4.39 Å². The van der Waals surface area contributed by atoms with Crippen molar-refractivity contribution in [1.82, 2.24) is 0 Å². The van der Waals surface area contributed by atoms with Crippen LogP contribution in [0.4, 0.5) is 15.8 Å². The molecule has 0 spiro atoms. The third-order valence-electron chi connectivity index (χ3n) is 2.31. The van der Waals surface area contributed by atoms with Crippen LogP contribution in [0.1, 0.15) is 6.92 Å². The highest BCUT2D eigenvalue weighted by atomic mass is 19.1. The Morgan fingerprint density at radius 3 is 2.82 bits per heavy atom. The summed E-state index contributed by atoms with van der Waals surface area (Å²) >= 11 is 0. The molecule has 0 saturated carbocycles. The molecule has 17 heavy (non-hydrogen) atoms. The Morgan fingerprint density at radius 2 is 2.29 bits per heavy atom. The number of anilines is 1. The van der Waals surface area contributed by atoms with E-state index in [1.54, 1.807) is 14.0 Å². The molecule has 0 N–H and O–H groups in total. The van der Waals surface area contributed by atoms with Crippen LogP contribution >= 0.6 is 0 Å². The third kappa shape index (κ3) is 3.14. The highest BCUT2D eigenvalue weighted by molar-refractivity contribution is 5.62. The summed E-state index contributed by atoms with van der Waals surface area (Å²) in [6.07, 6.45) is 0. The molecule has 0 aliphatic carbocycles. The van der Waals surface area contributed by atoms with Crippen molar-refractivity contribution in [3.8, 4) is 6.07 Å². The van der Waals surface area contributed by atoms with E-state index in [0.717, 1.165) is 18.2 Å². The molecule has 6 heteroatoms. The van der Waals surface area contributed by atoms with Crippen molar-refractivity contribution in [2.45, 2.75) is 6.92 Å². The molecule has 1 rings (SSSR count). The Labute approximate surface area is 98.2 Å². The van der Waals surface area contributed by atoms with Gasteiger partial charge < -0.3 is 4.90 Å².